The molecular weight excluding hydrogens is 364 g/mol. The summed E-state index contributed by atoms with van der Waals surface area (Å²) in [6, 6.07) is 19.5. The van der Waals surface area contributed by atoms with Gasteiger partial charge in [0, 0.05) is 16.8 Å². The fourth-order valence-electron chi connectivity index (χ4n) is 2.55. The minimum absolute atomic E-state index is 0.220. The number of rotatable bonds is 3. The molecule has 26 heavy (non-hydrogen) atoms. The second-order valence-electron chi connectivity index (χ2n) is 5.81. The quantitative estimate of drug-likeness (QED) is 0.476. The molecule has 0 fully saturated rings. The van der Waals surface area contributed by atoms with Crippen LogP contribution in [0.25, 0.3) is 16.8 Å². The lowest BCUT2D eigenvalue weighted by atomic mass is 10.0. The standard InChI is InChI=1S/C21H17ClN2OS/c1-14-9-11-17(13-19(14)22)23-21(26)24-20(25)12-10-16-7-4-6-15-5-2-3-8-18(15)16/h2-13H,1H3,(H2,23,24,25,26). The van der Waals surface area contributed by atoms with Gasteiger partial charge in [-0.1, -0.05) is 60.1 Å². The predicted molar refractivity (Wildman–Crippen MR) is 114 cm³/mol. The Morgan fingerprint density at radius 2 is 1.85 bits per heavy atom. The molecule has 0 aliphatic heterocycles. The highest BCUT2D eigenvalue weighted by Gasteiger charge is 2.04. The van der Waals surface area contributed by atoms with Crippen molar-refractivity contribution in [3.8, 4) is 0 Å². The lowest BCUT2D eigenvalue weighted by molar-refractivity contribution is -0.115. The summed E-state index contributed by atoms with van der Waals surface area (Å²) in [6.45, 7) is 1.92. The zero-order chi connectivity index (χ0) is 18.5. The summed E-state index contributed by atoms with van der Waals surface area (Å²) in [6.07, 6.45) is 3.25. The van der Waals surface area contributed by atoms with Gasteiger partial charge in [0.1, 0.15) is 0 Å². The summed E-state index contributed by atoms with van der Waals surface area (Å²) in [5.74, 6) is -0.298. The smallest absolute Gasteiger partial charge is 0.250 e. The van der Waals surface area contributed by atoms with Crippen LogP contribution >= 0.6 is 23.8 Å². The number of hydrogen-bond donors (Lipinski definition) is 2. The Hall–Kier alpha value is -2.69. The molecular formula is C21H17ClN2OS. The number of benzene rings is 3. The SMILES string of the molecule is Cc1ccc(NC(=S)NC(=O)C=Cc2cccc3ccccc23)cc1Cl. The molecule has 1 amide bonds. The van der Waals surface area contributed by atoms with E-state index >= 15 is 0 Å². The van der Waals surface area contributed by atoms with E-state index < -0.39 is 0 Å². The number of nitrogens with one attached hydrogen (secondary N) is 2. The van der Waals surface area contributed by atoms with Crippen LogP contribution in [-0.2, 0) is 4.79 Å². The fourth-order valence-corrected chi connectivity index (χ4v) is 2.95. The molecule has 0 saturated carbocycles. The second-order valence-corrected chi connectivity index (χ2v) is 6.62. The molecule has 0 spiro atoms. The zero-order valence-electron chi connectivity index (χ0n) is 14.1. The molecule has 0 aliphatic rings. The number of anilines is 1. The number of hydrogen-bond acceptors (Lipinski definition) is 2. The van der Waals surface area contributed by atoms with E-state index in [9.17, 15) is 4.79 Å². The Balaban J connectivity index is 1.65. The fraction of sp³-hybridized carbons (Fsp3) is 0.0476. The molecule has 0 bridgehead atoms. The van der Waals surface area contributed by atoms with Crippen LogP contribution in [0, 0.1) is 6.92 Å². The number of amides is 1. The van der Waals surface area contributed by atoms with Gasteiger partial charge in [-0.2, -0.15) is 0 Å². The van der Waals surface area contributed by atoms with Gasteiger partial charge in [0.05, 0.1) is 0 Å². The maximum Gasteiger partial charge on any atom is 0.250 e. The molecule has 0 aromatic heterocycles. The van der Waals surface area contributed by atoms with Gasteiger partial charge < -0.3 is 5.32 Å². The van der Waals surface area contributed by atoms with Crippen LogP contribution in [0.5, 0.6) is 0 Å². The Morgan fingerprint density at radius 3 is 2.65 bits per heavy atom. The van der Waals surface area contributed by atoms with Crippen molar-refractivity contribution in [1.29, 1.82) is 0 Å². The number of thiocarbonyl (C=S) groups is 1. The van der Waals surface area contributed by atoms with Gasteiger partial charge in [-0.05, 0) is 59.2 Å². The summed E-state index contributed by atoms with van der Waals surface area (Å²) in [4.78, 5) is 12.1. The molecule has 2 N–H and O–H groups in total. The lowest BCUT2D eigenvalue weighted by Crippen LogP contribution is -2.32. The average molecular weight is 381 g/mol. The van der Waals surface area contributed by atoms with Crippen LogP contribution < -0.4 is 10.6 Å². The summed E-state index contributed by atoms with van der Waals surface area (Å²) in [5, 5.41) is 8.66. The Kier molecular flexibility index (Phi) is 5.66. The Bertz CT molecular complexity index is 1010. The predicted octanol–water partition coefficient (Wildman–Crippen LogP) is 5.33. The first-order chi connectivity index (χ1) is 12.5. The third-order valence-corrected chi connectivity index (χ3v) is 4.52. The second kappa shape index (κ2) is 8.13. The monoisotopic (exact) mass is 380 g/mol. The summed E-state index contributed by atoms with van der Waals surface area (Å²) < 4.78 is 0. The van der Waals surface area contributed by atoms with Crippen LogP contribution in [0.15, 0.2) is 66.7 Å². The van der Waals surface area contributed by atoms with Crippen molar-refractivity contribution in [3.63, 3.8) is 0 Å². The normalized spacial score (nSPS) is 10.8. The van der Waals surface area contributed by atoms with Gasteiger partial charge in [0.25, 0.3) is 0 Å². The molecule has 5 heteroatoms. The first-order valence-electron chi connectivity index (χ1n) is 8.07. The van der Waals surface area contributed by atoms with Crippen molar-refractivity contribution in [1.82, 2.24) is 5.32 Å². The van der Waals surface area contributed by atoms with Crippen molar-refractivity contribution in [3.05, 3.63) is 82.9 Å². The molecule has 0 aliphatic carbocycles. The van der Waals surface area contributed by atoms with Crippen LogP contribution in [-0.4, -0.2) is 11.0 Å². The third-order valence-electron chi connectivity index (χ3n) is 3.90. The molecule has 3 nitrogen and oxygen atoms in total. The summed E-state index contributed by atoms with van der Waals surface area (Å²) in [7, 11) is 0. The number of halogens is 1. The van der Waals surface area contributed by atoms with E-state index in [0.29, 0.717) is 5.02 Å². The third kappa shape index (κ3) is 4.48. The van der Waals surface area contributed by atoms with Gasteiger partial charge >= 0.3 is 0 Å². The highest BCUT2D eigenvalue weighted by atomic mass is 35.5. The molecule has 3 aromatic rings. The number of carbonyl (C=O) groups is 1. The zero-order valence-corrected chi connectivity index (χ0v) is 15.7. The first kappa shape index (κ1) is 18.1. The topological polar surface area (TPSA) is 41.1 Å². The largest absolute Gasteiger partial charge is 0.332 e. The molecule has 0 saturated heterocycles. The van der Waals surface area contributed by atoms with Crippen LogP contribution in [0.1, 0.15) is 11.1 Å². The molecule has 0 atom stereocenters. The van der Waals surface area contributed by atoms with E-state index in [2.05, 4.69) is 10.6 Å². The van der Waals surface area contributed by atoms with Gasteiger partial charge in [-0.25, -0.2) is 0 Å². The minimum atomic E-state index is -0.298. The maximum atomic E-state index is 12.1. The number of aryl methyl sites for hydroxylation is 1. The van der Waals surface area contributed by atoms with Gasteiger partial charge in [-0.15, -0.1) is 0 Å². The van der Waals surface area contributed by atoms with Gasteiger partial charge in [0.2, 0.25) is 5.91 Å². The highest BCUT2D eigenvalue weighted by Crippen LogP contribution is 2.20. The number of carbonyl (C=O) groups excluding carboxylic acids is 1. The molecule has 0 unspecified atom stereocenters. The van der Waals surface area contributed by atoms with Crippen molar-refractivity contribution < 1.29 is 4.79 Å². The van der Waals surface area contributed by atoms with E-state index in [1.54, 1.807) is 12.1 Å². The van der Waals surface area contributed by atoms with Gasteiger partial charge in [-0.3, -0.25) is 10.1 Å². The molecule has 3 aromatic carbocycles. The Labute approximate surface area is 162 Å². The van der Waals surface area contributed by atoms with Crippen LogP contribution in [0.2, 0.25) is 5.02 Å². The van der Waals surface area contributed by atoms with Crippen LogP contribution in [0.4, 0.5) is 5.69 Å². The first-order valence-corrected chi connectivity index (χ1v) is 8.85. The molecule has 130 valence electrons. The summed E-state index contributed by atoms with van der Waals surface area (Å²) in [5.41, 5.74) is 2.68. The van der Waals surface area contributed by atoms with E-state index in [1.807, 2.05) is 61.5 Å². The van der Waals surface area contributed by atoms with Crippen LogP contribution in [0.3, 0.4) is 0 Å². The van der Waals surface area contributed by atoms with Crippen molar-refractivity contribution in [2.75, 3.05) is 5.32 Å². The van der Waals surface area contributed by atoms with E-state index in [0.717, 1.165) is 27.6 Å². The summed E-state index contributed by atoms with van der Waals surface area (Å²) >= 11 is 11.3. The maximum absolute atomic E-state index is 12.1. The van der Waals surface area contributed by atoms with E-state index in [-0.39, 0.29) is 11.0 Å². The Morgan fingerprint density at radius 1 is 1.08 bits per heavy atom. The van der Waals surface area contributed by atoms with E-state index in [4.69, 9.17) is 23.8 Å². The number of fused-ring (bicyclic) bond motifs is 1. The van der Waals surface area contributed by atoms with Crippen molar-refractivity contribution in [2.45, 2.75) is 6.92 Å². The minimum Gasteiger partial charge on any atom is -0.332 e. The molecule has 0 radical (unpaired) electrons. The van der Waals surface area contributed by atoms with E-state index in [1.165, 1.54) is 6.08 Å². The lowest BCUT2D eigenvalue weighted by Gasteiger charge is -2.09. The van der Waals surface area contributed by atoms with Crippen molar-refractivity contribution in [2.24, 2.45) is 0 Å². The van der Waals surface area contributed by atoms with Gasteiger partial charge in [0.15, 0.2) is 5.11 Å². The average Bonchev–Trinajstić information content (AvgIpc) is 2.63. The molecule has 0 heterocycles. The molecule has 3 rings (SSSR count). The highest BCUT2D eigenvalue weighted by molar-refractivity contribution is 7.80. The van der Waals surface area contributed by atoms with Crippen molar-refractivity contribution >= 4 is 57.4 Å².